The molecule has 1 atom stereocenters. The van der Waals surface area contributed by atoms with Crippen LogP contribution in [0.25, 0.3) is 0 Å². The zero-order valence-corrected chi connectivity index (χ0v) is 15.0. The Morgan fingerprint density at radius 1 is 1.42 bits per heavy atom. The average Bonchev–Trinajstić information content (AvgIpc) is 3.19. The Morgan fingerprint density at radius 2 is 2.27 bits per heavy atom. The Morgan fingerprint density at radius 3 is 2.96 bits per heavy atom. The number of rotatable bonds is 6. The van der Waals surface area contributed by atoms with Crippen LogP contribution in [0.2, 0.25) is 0 Å². The van der Waals surface area contributed by atoms with Gasteiger partial charge in [-0.05, 0) is 25.2 Å². The van der Waals surface area contributed by atoms with Gasteiger partial charge in [0.05, 0.1) is 0 Å². The molecule has 1 saturated carbocycles. The maximum Gasteiger partial charge on any atom is 0.223 e. The van der Waals surface area contributed by atoms with E-state index in [-0.39, 0.29) is 5.91 Å². The van der Waals surface area contributed by atoms with Crippen LogP contribution in [-0.4, -0.2) is 45.7 Å². The summed E-state index contributed by atoms with van der Waals surface area (Å²) in [5.74, 6) is 3.29. The van der Waals surface area contributed by atoms with E-state index in [0.717, 1.165) is 30.6 Å². The van der Waals surface area contributed by atoms with Gasteiger partial charge in [0.25, 0.3) is 0 Å². The molecule has 0 aromatic carbocycles. The Bertz CT molecular complexity index is 804. The van der Waals surface area contributed by atoms with E-state index in [9.17, 15) is 4.79 Å². The first-order chi connectivity index (χ1) is 12.5. The molecule has 2 aromatic rings. The zero-order valence-electron chi connectivity index (χ0n) is 15.0. The van der Waals surface area contributed by atoms with Crippen molar-refractivity contribution in [3.8, 4) is 0 Å². The lowest BCUT2D eigenvalue weighted by Gasteiger charge is -2.27. The molecule has 9 heteroatoms. The highest BCUT2D eigenvalue weighted by molar-refractivity contribution is 5.74. The molecule has 0 bridgehead atoms. The molecule has 2 aromatic heterocycles. The first-order valence-electron chi connectivity index (χ1n) is 8.94. The van der Waals surface area contributed by atoms with Crippen molar-refractivity contribution in [2.75, 3.05) is 29.9 Å². The van der Waals surface area contributed by atoms with Crippen molar-refractivity contribution >= 4 is 17.5 Å². The van der Waals surface area contributed by atoms with E-state index in [4.69, 9.17) is 4.52 Å². The van der Waals surface area contributed by atoms with Crippen LogP contribution in [0.15, 0.2) is 16.9 Å². The van der Waals surface area contributed by atoms with Gasteiger partial charge in [0, 0.05) is 39.5 Å². The van der Waals surface area contributed by atoms with Crippen LogP contribution in [-0.2, 0) is 10.3 Å². The van der Waals surface area contributed by atoms with Crippen molar-refractivity contribution in [3.63, 3.8) is 0 Å². The van der Waals surface area contributed by atoms with E-state index < -0.39 is 5.54 Å². The number of amides is 1. The summed E-state index contributed by atoms with van der Waals surface area (Å²) in [4.78, 5) is 27.0. The highest BCUT2D eigenvalue weighted by Crippen LogP contribution is 2.33. The number of anilines is 2. The van der Waals surface area contributed by atoms with Gasteiger partial charge in [-0.2, -0.15) is 4.98 Å². The van der Waals surface area contributed by atoms with E-state index in [1.165, 1.54) is 19.8 Å². The number of aryl methyl sites for hydroxylation is 1. The molecule has 26 heavy (non-hydrogen) atoms. The molecule has 2 aliphatic rings. The van der Waals surface area contributed by atoms with Crippen LogP contribution in [0.5, 0.6) is 0 Å². The minimum absolute atomic E-state index is 0.122. The van der Waals surface area contributed by atoms with Crippen molar-refractivity contribution in [1.82, 2.24) is 25.4 Å². The molecule has 1 amide bonds. The lowest BCUT2D eigenvalue weighted by molar-refractivity contribution is -0.120. The van der Waals surface area contributed by atoms with Gasteiger partial charge in [-0.3, -0.25) is 4.79 Å². The second kappa shape index (κ2) is 6.54. The monoisotopic (exact) mass is 357 g/mol. The smallest absolute Gasteiger partial charge is 0.223 e. The van der Waals surface area contributed by atoms with Crippen molar-refractivity contribution in [2.45, 2.75) is 38.6 Å². The zero-order chi connectivity index (χ0) is 18.1. The SMILES string of the molecule is CC(=O)N[C@]1(c2noc(C)n2)CCN(c2cc(NCC3CC3)ncn2)C1. The van der Waals surface area contributed by atoms with Gasteiger partial charge in [0.1, 0.15) is 23.5 Å². The Kier molecular flexibility index (Phi) is 4.21. The van der Waals surface area contributed by atoms with Crippen LogP contribution >= 0.6 is 0 Å². The maximum absolute atomic E-state index is 11.8. The van der Waals surface area contributed by atoms with Gasteiger partial charge in [-0.15, -0.1) is 0 Å². The van der Waals surface area contributed by atoms with E-state index in [1.54, 1.807) is 13.3 Å². The van der Waals surface area contributed by atoms with E-state index >= 15 is 0 Å². The molecule has 2 N–H and O–H groups in total. The molecular weight excluding hydrogens is 334 g/mol. The van der Waals surface area contributed by atoms with Gasteiger partial charge >= 0.3 is 0 Å². The van der Waals surface area contributed by atoms with Gasteiger partial charge in [-0.25, -0.2) is 9.97 Å². The Balaban J connectivity index is 1.53. The number of nitrogens with one attached hydrogen (secondary N) is 2. The van der Waals surface area contributed by atoms with Crippen LogP contribution in [0.1, 0.15) is 37.9 Å². The minimum atomic E-state index is -0.670. The molecule has 9 nitrogen and oxygen atoms in total. The highest BCUT2D eigenvalue weighted by Gasteiger charge is 2.44. The summed E-state index contributed by atoms with van der Waals surface area (Å²) in [6, 6.07) is 1.95. The van der Waals surface area contributed by atoms with E-state index in [2.05, 4.69) is 35.6 Å². The summed E-state index contributed by atoms with van der Waals surface area (Å²) < 4.78 is 5.14. The summed E-state index contributed by atoms with van der Waals surface area (Å²) in [7, 11) is 0. The number of carbonyl (C=O) groups excluding carboxylic acids is 1. The molecule has 3 heterocycles. The molecule has 0 radical (unpaired) electrons. The summed E-state index contributed by atoms with van der Waals surface area (Å²) in [6.45, 7) is 5.46. The topological polar surface area (TPSA) is 109 Å². The maximum atomic E-state index is 11.8. The predicted molar refractivity (Wildman–Crippen MR) is 94.6 cm³/mol. The van der Waals surface area contributed by atoms with Gasteiger partial charge in [0.15, 0.2) is 5.82 Å². The third kappa shape index (κ3) is 3.47. The number of aromatic nitrogens is 4. The summed E-state index contributed by atoms with van der Waals surface area (Å²) in [5.41, 5.74) is -0.670. The highest BCUT2D eigenvalue weighted by atomic mass is 16.5. The van der Waals surface area contributed by atoms with Crippen molar-refractivity contribution in [1.29, 1.82) is 0 Å². The predicted octanol–water partition coefficient (Wildman–Crippen LogP) is 1.23. The van der Waals surface area contributed by atoms with Gasteiger partial charge in [0.2, 0.25) is 11.8 Å². The standard InChI is InChI=1S/C17H23N7O2/c1-11(25)22-17(16-21-12(2)26-23-16)5-6-24(9-17)15-7-14(19-10-20-15)18-8-13-3-4-13/h7,10,13H,3-6,8-9H2,1-2H3,(H,22,25)(H,18,19,20)/t17-/m1/s1. The van der Waals surface area contributed by atoms with Crippen molar-refractivity contribution in [2.24, 2.45) is 5.92 Å². The molecule has 1 aliphatic heterocycles. The quantitative estimate of drug-likeness (QED) is 0.794. The summed E-state index contributed by atoms with van der Waals surface area (Å²) in [6.07, 6.45) is 4.84. The van der Waals surface area contributed by atoms with E-state index in [1.807, 2.05) is 6.07 Å². The fourth-order valence-electron chi connectivity index (χ4n) is 3.36. The molecule has 0 unspecified atom stereocenters. The Labute approximate surface area is 151 Å². The minimum Gasteiger partial charge on any atom is -0.370 e. The molecule has 2 fully saturated rings. The van der Waals surface area contributed by atoms with Gasteiger partial charge < -0.3 is 20.1 Å². The second-order valence-electron chi connectivity index (χ2n) is 7.16. The molecule has 138 valence electrons. The summed E-state index contributed by atoms with van der Waals surface area (Å²) >= 11 is 0. The molecule has 4 rings (SSSR count). The Hall–Kier alpha value is -2.71. The average molecular weight is 357 g/mol. The van der Waals surface area contributed by atoms with E-state index in [0.29, 0.717) is 24.7 Å². The first kappa shape index (κ1) is 16.7. The van der Waals surface area contributed by atoms with Crippen LogP contribution < -0.4 is 15.5 Å². The lowest BCUT2D eigenvalue weighted by atomic mass is 9.97. The molecule has 1 saturated heterocycles. The van der Waals surface area contributed by atoms with Crippen molar-refractivity contribution in [3.05, 3.63) is 24.1 Å². The van der Waals surface area contributed by atoms with Gasteiger partial charge in [-0.1, -0.05) is 5.16 Å². The number of carbonyl (C=O) groups is 1. The third-order valence-corrected chi connectivity index (χ3v) is 4.89. The van der Waals surface area contributed by atoms with Crippen LogP contribution in [0.4, 0.5) is 11.6 Å². The first-order valence-corrected chi connectivity index (χ1v) is 8.94. The number of hydrogen-bond acceptors (Lipinski definition) is 8. The number of hydrogen-bond donors (Lipinski definition) is 2. The molecular formula is C17H23N7O2. The molecule has 1 aliphatic carbocycles. The number of nitrogens with zero attached hydrogens (tertiary/aromatic N) is 5. The fourth-order valence-corrected chi connectivity index (χ4v) is 3.36. The largest absolute Gasteiger partial charge is 0.370 e. The molecule has 0 spiro atoms. The van der Waals surface area contributed by atoms with Crippen LogP contribution in [0, 0.1) is 12.8 Å². The fraction of sp³-hybridized carbons (Fsp3) is 0.588. The third-order valence-electron chi connectivity index (χ3n) is 4.89. The normalized spacial score (nSPS) is 22.5. The van der Waals surface area contributed by atoms with Crippen molar-refractivity contribution < 1.29 is 9.32 Å². The second-order valence-corrected chi connectivity index (χ2v) is 7.16. The lowest BCUT2D eigenvalue weighted by Crippen LogP contribution is -2.48. The van der Waals surface area contributed by atoms with Crippen LogP contribution in [0.3, 0.4) is 0 Å². The summed E-state index contributed by atoms with van der Waals surface area (Å²) in [5, 5.41) is 10.4.